The Labute approximate surface area is 160 Å². The molecule has 2 aromatic heterocycles. The molecule has 0 aliphatic rings. The maximum Gasteiger partial charge on any atom is 0.122 e. The molecule has 0 atom stereocenters. The van der Waals surface area contributed by atoms with Gasteiger partial charge in [0, 0.05) is 37.6 Å². The van der Waals surface area contributed by atoms with E-state index >= 15 is 0 Å². The predicted molar refractivity (Wildman–Crippen MR) is 109 cm³/mol. The van der Waals surface area contributed by atoms with E-state index in [1.807, 2.05) is 36.4 Å². The van der Waals surface area contributed by atoms with Crippen LogP contribution in [0.5, 0.6) is 0 Å². The summed E-state index contributed by atoms with van der Waals surface area (Å²) in [5, 5.41) is 0. The smallest absolute Gasteiger partial charge is 0.122 e. The van der Waals surface area contributed by atoms with Crippen molar-refractivity contribution in [3.8, 4) is 22.5 Å². The van der Waals surface area contributed by atoms with Crippen molar-refractivity contribution in [2.75, 3.05) is 0 Å². The minimum atomic E-state index is -0.330. The summed E-state index contributed by atoms with van der Waals surface area (Å²) in [5.74, 6) is 1.99. The molecule has 4 aromatic rings. The molecule has 4 heteroatoms. The van der Waals surface area contributed by atoms with E-state index in [9.17, 15) is 0 Å². The monoisotopic (exact) mass is 356 g/mol. The average Bonchev–Trinajstić information content (AvgIpc) is 3.27. The Kier molecular flexibility index (Phi) is 4.19. The van der Waals surface area contributed by atoms with Crippen molar-refractivity contribution in [1.82, 2.24) is 19.1 Å². The Bertz CT molecular complexity index is 971. The molecule has 0 N–H and O–H groups in total. The highest BCUT2D eigenvalue weighted by Crippen LogP contribution is 2.33. The molecular weight excluding hydrogens is 332 g/mol. The van der Waals surface area contributed by atoms with Crippen molar-refractivity contribution >= 4 is 0 Å². The molecule has 0 bridgehead atoms. The van der Waals surface area contributed by atoms with E-state index in [4.69, 9.17) is 9.97 Å². The van der Waals surface area contributed by atoms with Crippen LogP contribution in [-0.4, -0.2) is 19.1 Å². The second-order valence-electron chi connectivity index (χ2n) is 7.48. The summed E-state index contributed by atoms with van der Waals surface area (Å²) in [5.41, 5.74) is 3.89. The standard InChI is InChI=1S/C23H24N4/c1-23(2,21-24-19(15-26(21)3)17-11-7-5-8-12-17)22-25-20(16-27(22)4)18-13-9-6-10-14-18/h5-16H,1-4H3. The molecule has 0 fully saturated rings. The summed E-state index contributed by atoms with van der Waals surface area (Å²) in [7, 11) is 4.11. The van der Waals surface area contributed by atoms with Crippen LogP contribution < -0.4 is 0 Å². The van der Waals surface area contributed by atoms with Crippen molar-refractivity contribution in [3.63, 3.8) is 0 Å². The molecule has 0 saturated heterocycles. The molecule has 0 aliphatic heterocycles. The molecule has 0 aliphatic carbocycles. The fraction of sp³-hybridized carbons (Fsp3) is 0.217. The lowest BCUT2D eigenvalue weighted by molar-refractivity contribution is 0.510. The van der Waals surface area contributed by atoms with Crippen molar-refractivity contribution in [2.45, 2.75) is 19.3 Å². The van der Waals surface area contributed by atoms with Crippen LogP contribution >= 0.6 is 0 Å². The van der Waals surface area contributed by atoms with E-state index in [0.717, 1.165) is 34.2 Å². The summed E-state index contributed by atoms with van der Waals surface area (Å²) >= 11 is 0. The van der Waals surface area contributed by atoms with Gasteiger partial charge in [-0.1, -0.05) is 60.7 Å². The van der Waals surface area contributed by atoms with E-state index in [-0.39, 0.29) is 5.41 Å². The third-order valence-electron chi connectivity index (χ3n) is 5.01. The van der Waals surface area contributed by atoms with Gasteiger partial charge in [-0.25, -0.2) is 9.97 Å². The van der Waals surface area contributed by atoms with Gasteiger partial charge in [0.1, 0.15) is 11.6 Å². The largest absolute Gasteiger partial charge is 0.337 e. The average molecular weight is 356 g/mol. The quantitative estimate of drug-likeness (QED) is 0.526. The molecule has 4 rings (SSSR count). The van der Waals surface area contributed by atoms with Gasteiger partial charge >= 0.3 is 0 Å². The van der Waals surface area contributed by atoms with E-state index < -0.39 is 0 Å². The Morgan fingerprint density at radius 2 is 1.00 bits per heavy atom. The lowest BCUT2D eigenvalue weighted by Gasteiger charge is -2.23. The minimum Gasteiger partial charge on any atom is -0.337 e. The predicted octanol–water partition coefficient (Wildman–Crippen LogP) is 4.81. The minimum absolute atomic E-state index is 0.330. The van der Waals surface area contributed by atoms with Gasteiger partial charge in [-0.3, -0.25) is 0 Å². The zero-order valence-electron chi connectivity index (χ0n) is 16.2. The first kappa shape index (κ1) is 17.3. The van der Waals surface area contributed by atoms with Crippen molar-refractivity contribution in [1.29, 1.82) is 0 Å². The highest BCUT2D eigenvalue weighted by Gasteiger charge is 2.33. The lowest BCUT2D eigenvalue weighted by atomic mass is 9.91. The number of imidazole rings is 2. The fourth-order valence-corrected chi connectivity index (χ4v) is 3.69. The van der Waals surface area contributed by atoms with Gasteiger partial charge in [-0.05, 0) is 13.8 Å². The Hall–Kier alpha value is -3.14. The first-order chi connectivity index (χ1) is 13.0. The van der Waals surface area contributed by atoms with Crippen LogP contribution in [-0.2, 0) is 19.5 Å². The summed E-state index contributed by atoms with van der Waals surface area (Å²) < 4.78 is 4.22. The number of nitrogens with zero attached hydrogens (tertiary/aromatic N) is 4. The Morgan fingerprint density at radius 3 is 1.37 bits per heavy atom. The van der Waals surface area contributed by atoms with E-state index in [1.54, 1.807) is 0 Å². The fourth-order valence-electron chi connectivity index (χ4n) is 3.69. The second kappa shape index (κ2) is 6.54. The number of benzene rings is 2. The molecule has 0 unspecified atom stereocenters. The second-order valence-corrected chi connectivity index (χ2v) is 7.48. The number of aryl methyl sites for hydroxylation is 2. The SMILES string of the molecule is Cn1cc(-c2ccccc2)nc1C(C)(C)c1nc(-c2ccccc2)cn1C. The van der Waals surface area contributed by atoms with Crippen molar-refractivity contribution in [3.05, 3.63) is 84.7 Å². The van der Waals surface area contributed by atoms with Crippen LogP contribution in [0.2, 0.25) is 0 Å². The lowest BCUT2D eigenvalue weighted by Crippen LogP contribution is -2.27. The number of aromatic nitrogens is 4. The van der Waals surface area contributed by atoms with Gasteiger partial charge in [0.25, 0.3) is 0 Å². The van der Waals surface area contributed by atoms with Gasteiger partial charge in [0.15, 0.2) is 0 Å². The number of hydrogen-bond donors (Lipinski definition) is 0. The van der Waals surface area contributed by atoms with Crippen LogP contribution in [0.25, 0.3) is 22.5 Å². The first-order valence-electron chi connectivity index (χ1n) is 9.15. The zero-order valence-corrected chi connectivity index (χ0v) is 16.2. The number of rotatable bonds is 4. The molecule has 4 nitrogen and oxygen atoms in total. The molecule has 27 heavy (non-hydrogen) atoms. The van der Waals surface area contributed by atoms with Crippen LogP contribution in [0.3, 0.4) is 0 Å². The Balaban J connectivity index is 1.76. The highest BCUT2D eigenvalue weighted by molar-refractivity contribution is 5.60. The van der Waals surface area contributed by atoms with E-state index in [0.29, 0.717) is 0 Å². The van der Waals surface area contributed by atoms with Crippen LogP contribution in [0.1, 0.15) is 25.5 Å². The third-order valence-corrected chi connectivity index (χ3v) is 5.01. The summed E-state index contributed by atoms with van der Waals surface area (Å²) in [6.07, 6.45) is 4.18. The van der Waals surface area contributed by atoms with Crippen molar-refractivity contribution < 1.29 is 0 Å². The van der Waals surface area contributed by atoms with Gasteiger partial charge < -0.3 is 9.13 Å². The van der Waals surface area contributed by atoms with Gasteiger partial charge in [-0.2, -0.15) is 0 Å². The maximum absolute atomic E-state index is 4.96. The van der Waals surface area contributed by atoms with Crippen LogP contribution in [0, 0.1) is 0 Å². The zero-order chi connectivity index (χ0) is 19.0. The molecule has 136 valence electrons. The summed E-state index contributed by atoms with van der Waals surface area (Å²) in [6.45, 7) is 4.36. The summed E-state index contributed by atoms with van der Waals surface area (Å²) in [6, 6.07) is 20.6. The molecule has 2 aromatic carbocycles. The van der Waals surface area contributed by atoms with Crippen LogP contribution in [0.15, 0.2) is 73.1 Å². The third kappa shape index (κ3) is 3.08. The molecule has 0 amide bonds. The van der Waals surface area contributed by atoms with Gasteiger partial charge in [0.2, 0.25) is 0 Å². The molecular formula is C23H24N4. The summed E-state index contributed by atoms with van der Waals surface area (Å²) in [4.78, 5) is 9.92. The highest BCUT2D eigenvalue weighted by atomic mass is 15.1. The van der Waals surface area contributed by atoms with Gasteiger partial charge in [0.05, 0.1) is 16.8 Å². The normalized spacial score (nSPS) is 11.7. The Morgan fingerprint density at radius 1 is 0.630 bits per heavy atom. The molecule has 0 spiro atoms. The topological polar surface area (TPSA) is 35.6 Å². The maximum atomic E-state index is 4.96. The number of hydrogen-bond acceptors (Lipinski definition) is 2. The van der Waals surface area contributed by atoms with E-state index in [2.05, 4.69) is 73.7 Å². The molecule has 2 heterocycles. The first-order valence-corrected chi connectivity index (χ1v) is 9.15. The van der Waals surface area contributed by atoms with E-state index in [1.165, 1.54) is 0 Å². The van der Waals surface area contributed by atoms with Gasteiger partial charge in [-0.15, -0.1) is 0 Å². The van der Waals surface area contributed by atoms with Crippen LogP contribution in [0.4, 0.5) is 0 Å². The molecule has 0 saturated carbocycles. The van der Waals surface area contributed by atoms with Crippen molar-refractivity contribution in [2.24, 2.45) is 14.1 Å². The molecule has 0 radical (unpaired) electrons.